The van der Waals surface area contributed by atoms with Crippen LogP contribution in [0, 0.1) is 0 Å². The van der Waals surface area contributed by atoms with Crippen molar-refractivity contribution in [1.82, 2.24) is 24.8 Å². The second-order valence-electron chi connectivity index (χ2n) is 8.93. The Kier molecular flexibility index (Phi) is 6.64. The van der Waals surface area contributed by atoms with Crippen molar-refractivity contribution < 1.29 is 4.74 Å². The smallest absolute Gasteiger partial charge is 0.230 e. The number of aromatic nitrogens is 4. The van der Waals surface area contributed by atoms with Gasteiger partial charge in [0.2, 0.25) is 11.9 Å². The van der Waals surface area contributed by atoms with E-state index in [1.165, 1.54) is 25.7 Å². The fourth-order valence-electron chi connectivity index (χ4n) is 4.54. The maximum Gasteiger partial charge on any atom is 0.230 e. The number of anilines is 3. The molecule has 0 aliphatic carbocycles. The first-order chi connectivity index (χ1) is 15.8. The number of nitrogens with zero attached hydrogens (tertiary/aromatic N) is 8. The van der Waals surface area contributed by atoms with Gasteiger partial charge in [-0.05, 0) is 32.0 Å². The molecule has 0 spiro atoms. The number of piperazine rings is 1. The summed E-state index contributed by atoms with van der Waals surface area (Å²) in [4.78, 5) is 28.9. The van der Waals surface area contributed by atoms with Crippen molar-refractivity contribution in [2.24, 2.45) is 0 Å². The summed E-state index contributed by atoms with van der Waals surface area (Å²) in [5.41, 5.74) is 0.814. The van der Waals surface area contributed by atoms with Crippen molar-refractivity contribution >= 4 is 17.7 Å². The molecule has 0 radical (unpaired) electrons. The average Bonchev–Trinajstić information content (AvgIpc) is 3.15. The molecule has 0 atom stereocenters. The molecule has 0 unspecified atom stereocenters. The number of hydrogen-bond acceptors (Lipinski definition) is 9. The zero-order valence-corrected chi connectivity index (χ0v) is 19.1. The van der Waals surface area contributed by atoms with E-state index in [4.69, 9.17) is 24.7 Å². The first kappa shape index (κ1) is 21.3. The molecule has 3 aliphatic heterocycles. The predicted molar refractivity (Wildman–Crippen MR) is 126 cm³/mol. The normalized spacial score (nSPS) is 21.0. The van der Waals surface area contributed by atoms with Crippen molar-refractivity contribution in [2.75, 3.05) is 87.3 Å². The van der Waals surface area contributed by atoms with Crippen LogP contribution in [0.1, 0.15) is 25.7 Å². The van der Waals surface area contributed by atoms with Gasteiger partial charge in [0.25, 0.3) is 0 Å². The molecule has 0 N–H and O–H groups in total. The second kappa shape index (κ2) is 9.95. The van der Waals surface area contributed by atoms with Gasteiger partial charge in [-0.25, -0.2) is 4.98 Å². The van der Waals surface area contributed by atoms with Gasteiger partial charge in [0.1, 0.15) is 11.5 Å². The molecular formula is C23H34N8O. The number of ether oxygens (including phenoxy) is 1. The zero-order valence-electron chi connectivity index (χ0n) is 19.1. The quantitative estimate of drug-likeness (QED) is 0.711. The summed E-state index contributed by atoms with van der Waals surface area (Å²) >= 11 is 0. The van der Waals surface area contributed by atoms with E-state index < -0.39 is 0 Å². The van der Waals surface area contributed by atoms with E-state index in [9.17, 15) is 0 Å². The van der Waals surface area contributed by atoms with Crippen LogP contribution in [-0.2, 0) is 4.74 Å². The van der Waals surface area contributed by atoms with Gasteiger partial charge in [-0.3, -0.25) is 0 Å². The van der Waals surface area contributed by atoms with Crippen LogP contribution in [0.25, 0.3) is 11.5 Å². The Bertz CT molecular complexity index is 887. The van der Waals surface area contributed by atoms with Gasteiger partial charge < -0.3 is 24.3 Å². The molecular weight excluding hydrogens is 404 g/mol. The Hall–Kier alpha value is -2.52. The fraction of sp³-hybridized carbons (Fsp3) is 0.652. The lowest BCUT2D eigenvalue weighted by atomic mass is 10.2. The molecule has 3 aliphatic rings. The molecule has 0 saturated carbocycles. The maximum absolute atomic E-state index is 5.55. The van der Waals surface area contributed by atoms with Crippen LogP contribution in [0.15, 0.2) is 18.2 Å². The van der Waals surface area contributed by atoms with Crippen molar-refractivity contribution in [3.05, 3.63) is 18.2 Å². The van der Waals surface area contributed by atoms with Crippen LogP contribution < -0.4 is 14.7 Å². The van der Waals surface area contributed by atoms with Gasteiger partial charge in [-0.15, -0.1) is 0 Å². The average molecular weight is 439 g/mol. The van der Waals surface area contributed by atoms with Gasteiger partial charge in [-0.1, -0.05) is 18.9 Å². The summed E-state index contributed by atoms with van der Waals surface area (Å²) in [5.74, 6) is 3.19. The highest BCUT2D eigenvalue weighted by atomic mass is 16.5. The number of pyridine rings is 1. The number of likely N-dealkylation sites (N-methyl/N-ethyl adjacent to an activating group) is 1. The lowest BCUT2D eigenvalue weighted by Gasteiger charge is -2.33. The van der Waals surface area contributed by atoms with E-state index in [0.29, 0.717) is 19.0 Å². The Balaban J connectivity index is 1.48. The molecule has 0 aromatic carbocycles. The maximum atomic E-state index is 5.55. The van der Waals surface area contributed by atoms with Crippen LogP contribution in [0.4, 0.5) is 17.7 Å². The highest BCUT2D eigenvalue weighted by Gasteiger charge is 2.22. The first-order valence-corrected chi connectivity index (χ1v) is 12.0. The largest absolute Gasteiger partial charge is 0.378 e. The molecule has 32 heavy (non-hydrogen) atoms. The zero-order chi connectivity index (χ0) is 21.8. The van der Waals surface area contributed by atoms with E-state index in [-0.39, 0.29) is 0 Å². The van der Waals surface area contributed by atoms with E-state index in [2.05, 4.69) is 38.8 Å². The molecule has 9 nitrogen and oxygen atoms in total. The summed E-state index contributed by atoms with van der Waals surface area (Å²) in [6.07, 6.45) is 4.93. The highest BCUT2D eigenvalue weighted by Crippen LogP contribution is 2.25. The Morgan fingerprint density at radius 3 is 2.00 bits per heavy atom. The lowest BCUT2D eigenvalue weighted by molar-refractivity contribution is 0.122. The third-order valence-corrected chi connectivity index (χ3v) is 6.59. The third kappa shape index (κ3) is 4.94. The summed E-state index contributed by atoms with van der Waals surface area (Å²) < 4.78 is 5.55. The standard InChI is InChI=1S/C23H34N8O/c1-28-11-13-29(14-12-28)20-8-6-7-19(24-20)21-25-22(30-9-4-2-3-5-10-30)27-23(26-21)31-15-17-32-18-16-31/h6-8H,2-5,9-18H2,1H3. The number of morpholine rings is 1. The summed E-state index contributed by atoms with van der Waals surface area (Å²) in [6, 6.07) is 6.18. The molecule has 0 bridgehead atoms. The second-order valence-corrected chi connectivity index (χ2v) is 8.93. The monoisotopic (exact) mass is 438 g/mol. The van der Waals surface area contributed by atoms with Crippen LogP contribution >= 0.6 is 0 Å². The molecule has 0 amide bonds. The number of rotatable bonds is 4. The van der Waals surface area contributed by atoms with Crippen molar-refractivity contribution in [3.8, 4) is 11.5 Å². The fourth-order valence-corrected chi connectivity index (χ4v) is 4.54. The van der Waals surface area contributed by atoms with Crippen molar-refractivity contribution in [2.45, 2.75) is 25.7 Å². The first-order valence-electron chi connectivity index (χ1n) is 12.0. The van der Waals surface area contributed by atoms with E-state index in [1.807, 2.05) is 6.07 Å². The van der Waals surface area contributed by atoms with Crippen LogP contribution in [0.2, 0.25) is 0 Å². The van der Waals surface area contributed by atoms with Gasteiger partial charge in [0.15, 0.2) is 5.82 Å². The van der Waals surface area contributed by atoms with Crippen LogP contribution in [-0.4, -0.2) is 97.5 Å². The Morgan fingerprint density at radius 1 is 0.656 bits per heavy atom. The van der Waals surface area contributed by atoms with Crippen molar-refractivity contribution in [3.63, 3.8) is 0 Å². The van der Waals surface area contributed by atoms with Gasteiger partial charge in [-0.2, -0.15) is 15.0 Å². The Labute approximate surface area is 190 Å². The number of hydrogen-bond donors (Lipinski definition) is 0. The third-order valence-electron chi connectivity index (χ3n) is 6.59. The van der Waals surface area contributed by atoms with Crippen LogP contribution in [0.3, 0.4) is 0 Å². The molecule has 3 saturated heterocycles. The molecule has 5 rings (SSSR count). The predicted octanol–water partition coefficient (Wildman–Crippen LogP) is 1.90. The SMILES string of the molecule is CN1CCN(c2cccc(-c3nc(N4CCCCCC4)nc(N4CCOCC4)n3)n2)CC1. The van der Waals surface area contributed by atoms with E-state index in [1.54, 1.807) is 0 Å². The minimum Gasteiger partial charge on any atom is -0.378 e. The molecule has 5 heterocycles. The highest BCUT2D eigenvalue weighted by molar-refractivity contribution is 5.58. The lowest BCUT2D eigenvalue weighted by Crippen LogP contribution is -2.44. The minimum atomic E-state index is 0.664. The van der Waals surface area contributed by atoms with Gasteiger partial charge in [0, 0.05) is 52.4 Å². The molecule has 172 valence electrons. The minimum absolute atomic E-state index is 0.664. The summed E-state index contributed by atoms with van der Waals surface area (Å²) in [5, 5.41) is 0. The molecule has 9 heteroatoms. The van der Waals surface area contributed by atoms with Crippen molar-refractivity contribution in [1.29, 1.82) is 0 Å². The summed E-state index contributed by atoms with van der Waals surface area (Å²) in [7, 11) is 2.17. The van der Waals surface area contributed by atoms with Gasteiger partial charge in [0.05, 0.1) is 13.2 Å². The molecule has 2 aromatic heterocycles. The molecule has 2 aromatic rings. The molecule has 3 fully saturated rings. The van der Waals surface area contributed by atoms with Gasteiger partial charge >= 0.3 is 0 Å². The van der Waals surface area contributed by atoms with E-state index in [0.717, 1.165) is 75.8 Å². The van der Waals surface area contributed by atoms with Crippen LogP contribution in [0.5, 0.6) is 0 Å². The summed E-state index contributed by atoms with van der Waals surface area (Å²) in [6.45, 7) is 9.10. The van der Waals surface area contributed by atoms with E-state index >= 15 is 0 Å². The Morgan fingerprint density at radius 2 is 1.31 bits per heavy atom. The topological polar surface area (TPSA) is 73.8 Å².